The molecule has 0 unspecified atom stereocenters. The number of anilines is 2. The van der Waals surface area contributed by atoms with Crippen LogP contribution in [0.4, 0.5) is 11.4 Å². The third-order valence-corrected chi connectivity index (χ3v) is 5.88. The quantitative estimate of drug-likeness (QED) is 0.357. The lowest BCUT2D eigenvalue weighted by Crippen LogP contribution is -2.16. The predicted octanol–water partition coefficient (Wildman–Crippen LogP) is 6.28. The molecular formula is C24H30ClN3O3S. The van der Waals surface area contributed by atoms with Crippen LogP contribution >= 0.6 is 22.9 Å². The van der Waals surface area contributed by atoms with Gasteiger partial charge in [0.25, 0.3) is 5.91 Å². The number of nitrogens with one attached hydrogen (secondary N) is 2. The normalized spacial score (nSPS) is 10.4. The summed E-state index contributed by atoms with van der Waals surface area (Å²) in [5.41, 5.74) is 3.25. The number of aliphatic hydroxyl groups is 1. The minimum absolute atomic E-state index is 0.0511. The van der Waals surface area contributed by atoms with Crippen LogP contribution in [0.25, 0.3) is 11.3 Å². The zero-order valence-electron chi connectivity index (χ0n) is 19.0. The highest BCUT2D eigenvalue weighted by atomic mass is 35.5. The van der Waals surface area contributed by atoms with Gasteiger partial charge in [-0.3, -0.25) is 4.79 Å². The number of hydrogen-bond acceptors (Lipinski definition) is 6. The van der Waals surface area contributed by atoms with E-state index in [0.29, 0.717) is 40.2 Å². The van der Waals surface area contributed by atoms with Crippen LogP contribution in [0.5, 0.6) is 5.75 Å². The summed E-state index contributed by atoms with van der Waals surface area (Å²) in [5, 5.41) is 18.6. The van der Waals surface area contributed by atoms with E-state index in [-0.39, 0.29) is 12.5 Å². The van der Waals surface area contributed by atoms with E-state index in [1.165, 1.54) is 0 Å². The number of ether oxygens (including phenoxy) is 1. The molecule has 1 heterocycles. The maximum atomic E-state index is 12.8. The van der Waals surface area contributed by atoms with Gasteiger partial charge in [0.15, 0.2) is 0 Å². The van der Waals surface area contributed by atoms with Gasteiger partial charge in [-0.1, -0.05) is 39.3 Å². The molecule has 0 saturated heterocycles. The fraction of sp³-hybridized carbons (Fsp3) is 0.333. The first-order valence-corrected chi connectivity index (χ1v) is 11.8. The SMILES string of the molecule is CC.COc1ccc(C(=O)Nc2ccc(-c3csc(C(C)C)n3)c(Cl)c2)c(NCCO)c1. The van der Waals surface area contributed by atoms with E-state index in [2.05, 4.69) is 29.5 Å². The predicted molar refractivity (Wildman–Crippen MR) is 135 cm³/mol. The van der Waals surface area contributed by atoms with Crippen molar-refractivity contribution in [1.29, 1.82) is 0 Å². The number of aromatic nitrogens is 1. The van der Waals surface area contributed by atoms with Gasteiger partial charge < -0.3 is 20.5 Å². The Hall–Kier alpha value is -2.61. The van der Waals surface area contributed by atoms with Crippen molar-refractivity contribution in [2.24, 2.45) is 0 Å². The summed E-state index contributed by atoms with van der Waals surface area (Å²) in [4.78, 5) is 17.5. The van der Waals surface area contributed by atoms with E-state index < -0.39 is 0 Å². The van der Waals surface area contributed by atoms with Gasteiger partial charge in [0.2, 0.25) is 0 Å². The molecule has 0 aliphatic carbocycles. The maximum absolute atomic E-state index is 12.8. The van der Waals surface area contributed by atoms with Gasteiger partial charge in [-0.15, -0.1) is 11.3 Å². The number of nitrogens with zero attached hydrogens (tertiary/aromatic N) is 1. The first-order chi connectivity index (χ1) is 15.4. The Kier molecular flexibility index (Phi) is 9.97. The van der Waals surface area contributed by atoms with Crippen LogP contribution in [-0.2, 0) is 0 Å². The molecule has 0 atom stereocenters. The molecule has 6 nitrogen and oxygen atoms in total. The minimum Gasteiger partial charge on any atom is -0.497 e. The van der Waals surface area contributed by atoms with Crippen molar-refractivity contribution in [3.63, 3.8) is 0 Å². The highest BCUT2D eigenvalue weighted by Crippen LogP contribution is 2.33. The maximum Gasteiger partial charge on any atom is 0.257 e. The topological polar surface area (TPSA) is 83.5 Å². The standard InChI is InChI=1S/C22H24ClN3O3S.C2H6/c1-13(2)22-26-20(12-30-22)16-6-4-14(10-18(16)23)25-21(28)17-7-5-15(29-3)11-19(17)24-8-9-27;1-2/h4-7,10-13,24,27H,8-9H2,1-3H3,(H,25,28);1-2H3. The molecule has 2 aromatic carbocycles. The second-order valence-electron chi connectivity index (χ2n) is 6.94. The molecule has 1 amide bonds. The van der Waals surface area contributed by atoms with E-state index in [4.69, 9.17) is 21.4 Å². The molecule has 0 aliphatic heterocycles. The first kappa shape index (κ1) is 25.6. The van der Waals surface area contributed by atoms with Crippen LogP contribution in [0.3, 0.4) is 0 Å². The largest absolute Gasteiger partial charge is 0.497 e. The van der Waals surface area contributed by atoms with Gasteiger partial charge in [0.1, 0.15) is 5.75 Å². The van der Waals surface area contributed by atoms with E-state index in [1.807, 2.05) is 25.3 Å². The number of methoxy groups -OCH3 is 1. The number of amides is 1. The number of carbonyl (C=O) groups is 1. The van der Waals surface area contributed by atoms with Crippen molar-refractivity contribution in [2.45, 2.75) is 33.6 Å². The molecular weight excluding hydrogens is 446 g/mol. The monoisotopic (exact) mass is 475 g/mol. The van der Waals surface area contributed by atoms with Gasteiger partial charge >= 0.3 is 0 Å². The van der Waals surface area contributed by atoms with Crippen LogP contribution in [0.2, 0.25) is 5.02 Å². The van der Waals surface area contributed by atoms with Crippen LogP contribution in [-0.4, -0.2) is 36.3 Å². The molecule has 3 rings (SSSR count). The fourth-order valence-corrected chi connectivity index (χ4v) is 3.97. The Balaban J connectivity index is 0.00000176. The average molecular weight is 476 g/mol. The first-order valence-electron chi connectivity index (χ1n) is 10.5. The molecule has 0 aliphatic rings. The highest BCUT2D eigenvalue weighted by Gasteiger charge is 2.15. The van der Waals surface area contributed by atoms with Gasteiger partial charge in [-0.05, 0) is 30.3 Å². The molecule has 0 saturated carbocycles. The molecule has 32 heavy (non-hydrogen) atoms. The van der Waals surface area contributed by atoms with Crippen LogP contribution in [0.1, 0.15) is 49.0 Å². The van der Waals surface area contributed by atoms with Gasteiger partial charge in [0.05, 0.1) is 40.7 Å². The van der Waals surface area contributed by atoms with Gasteiger partial charge in [-0.25, -0.2) is 4.98 Å². The average Bonchev–Trinajstić information content (AvgIpc) is 3.29. The van der Waals surface area contributed by atoms with E-state index >= 15 is 0 Å². The molecule has 0 spiro atoms. The zero-order chi connectivity index (χ0) is 23.7. The van der Waals surface area contributed by atoms with Crippen molar-refractivity contribution in [1.82, 2.24) is 4.98 Å². The Morgan fingerprint density at radius 3 is 2.56 bits per heavy atom. The number of hydrogen-bond donors (Lipinski definition) is 3. The van der Waals surface area contributed by atoms with E-state index in [9.17, 15) is 4.79 Å². The smallest absolute Gasteiger partial charge is 0.257 e. The third-order valence-electron chi connectivity index (χ3n) is 4.42. The molecule has 0 radical (unpaired) electrons. The number of thiazole rings is 1. The lowest BCUT2D eigenvalue weighted by molar-refractivity contribution is 0.102. The molecule has 8 heteroatoms. The summed E-state index contributed by atoms with van der Waals surface area (Å²) in [5.74, 6) is 0.681. The Bertz CT molecular complexity index is 1040. The molecule has 0 fully saturated rings. The van der Waals surface area contributed by atoms with Crippen molar-refractivity contribution in [2.75, 3.05) is 30.9 Å². The summed E-state index contributed by atoms with van der Waals surface area (Å²) in [6, 6.07) is 10.5. The molecule has 0 bridgehead atoms. The van der Waals surface area contributed by atoms with E-state index in [1.54, 1.807) is 48.8 Å². The Morgan fingerprint density at radius 1 is 1.22 bits per heavy atom. The van der Waals surface area contributed by atoms with Crippen LogP contribution in [0.15, 0.2) is 41.8 Å². The zero-order valence-corrected chi connectivity index (χ0v) is 20.6. The Labute approximate surface area is 198 Å². The number of aliphatic hydroxyl groups excluding tert-OH is 1. The minimum atomic E-state index is -0.294. The number of benzene rings is 2. The van der Waals surface area contributed by atoms with E-state index in [0.717, 1.165) is 16.3 Å². The summed E-state index contributed by atoms with van der Waals surface area (Å²) < 4.78 is 5.22. The lowest BCUT2D eigenvalue weighted by atomic mass is 10.1. The molecule has 3 aromatic rings. The van der Waals surface area contributed by atoms with Crippen LogP contribution < -0.4 is 15.4 Å². The third kappa shape index (κ3) is 6.45. The van der Waals surface area contributed by atoms with Crippen molar-refractivity contribution in [3.8, 4) is 17.0 Å². The van der Waals surface area contributed by atoms with Gasteiger partial charge in [-0.2, -0.15) is 0 Å². The van der Waals surface area contributed by atoms with Crippen molar-refractivity contribution >= 4 is 40.2 Å². The summed E-state index contributed by atoms with van der Waals surface area (Å²) in [6.45, 7) is 8.47. The number of rotatable bonds is 8. The summed E-state index contributed by atoms with van der Waals surface area (Å²) in [6.07, 6.45) is 0. The molecule has 1 aromatic heterocycles. The van der Waals surface area contributed by atoms with Gasteiger partial charge in [0, 0.05) is 35.2 Å². The number of halogens is 1. The summed E-state index contributed by atoms with van der Waals surface area (Å²) >= 11 is 8.09. The summed E-state index contributed by atoms with van der Waals surface area (Å²) in [7, 11) is 1.56. The van der Waals surface area contributed by atoms with Crippen LogP contribution in [0, 0.1) is 0 Å². The van der Waals surface area contributed by atoms with Crippen molar-refractivity contribution in [3.05, 3.63) is 57.4 Å². The Morgan fingerprint density at radius 2 is 1.97 bits per heavy atom. The highest BCUT2D eigenvalue weighted by molar-refractivity contribution is 7.10. The lowest BCUT2D eigenvalue weighted by Gasteiger charge is -2.14. The van der Waals surface area contributed by atoms with Crippen molar-refractivity contribution < 1.29 is 14.6 Å². The molecule has 3 N–H and O–H groups in total. The molecule has 172 valence electrons. The second-order valence-corrected chi connectivity index (χ2v) is 8.23. The number of carbonyl (C=O) groups excluding carboxylic acids is 1. The fourth-order valence-electron chi connectivity index (χ4n) is 2.86. The second kappa shape index (κ2) is 12.4.